The summed E-state index contributed by atoms with van der Waals surface area (Å²) in [4.78, 5) is 29.3. The molecule has 7 nitrogen and oxygen atoms in total. The SMILES string of the molecule is CSC(C)C(=O)OCn1c(=O)ccc2ccc(OCCCCN3CCN(c4cccc(Cl)c4Cl)CC3)cc21. The number of aromatic nitrogens is 1. The number of piperazine rings is 1. The second kappa shape index (κ2) is 13.6. The minimum atomic E-state index is -0.344. The molecule has 1 atom stereocenters. The molecule has 0 N–H and O–H groups in total. The van der Waals surface area contributed by atoms with E-state index < -0.39 is 0 Å². The van der Waals surface area contributed by atoms with E-state index in [1.165, 1.54) is 22.4 Å². The van der Waals surface area contributed by atoms with Gasteiger partial charge < -0.3 is 14.4 Å². The van der Waals surface area contributed by atoms with Gasteiger partial charge in [0.1, 0.15) is 5.75 Å². The van der Waals surface area contributed by atoms with Crippen LogP contribution >= 0.6 is 35.0 Å². The number of pyridine rings is 1. The molecule has 0 bridgehead atoms. The number of carbonyl (C=O) groups excluding carboxylic acids is 1. The molecule has 2 heterocycles. The summed E-state index contributed by atoms with van der Waals surface area (Å²) in [5, 5.41) is 1.80. The van der Waals surface area contributed by atoms with Gasteiger partial charge in [0.15, 0.2) is 6.73 Å². The standard InChI is InChI=1S/C28H33Cl2N3O4S/c1-20(38-2)28(35)37-19-33-25-18-22(10-8-21(25)9-11-26(33)34)36-17-4-3-12-31-13-15-32(16-14-31)24-7-5-6-23(29)27(24)30/h5-11,18,20H,3-4,12-17,19H2,1-2H3. The van der Waals surface area contributed by atoms with Gasteiger partial charge in [-0.2, -0.15) is 11.8 Å². The number of esters is 1. The van der Waals surface area contributed by atoms with Crippen LogP contribution < -0.4 is 15.2 Å². The van der Waals surface area contributed by atoms with Crippen LogP contribution in [0.5, 0.6) is 5.75 Å². The highest BCUT2D eigenvalue weighted by Gasteiger charge is 2.19. The van der Waals surface area contributed by atoms with Gasteiger partial charge in [-0.3, -0.25) is 19.1 Å². The van der Waals surface area contributed by atoms with E-state index in [0.717, 1.165) is 56.6 Å². The molecule has 1 aliphatic rings. The summed E-state index contributed by atoms with van der Waals surface area (Å²) < 4.78 is 12.8. The lowest BCUT2D eigenvalue weighted by molar-refractivity contribution is -0.146. The van der Waals surface area contributed by atoms with E-state index in [-0.39, 0.29) is 23.5 Å². The van der Waals surface area contributed by atoms with Crippen molar-refractivity contribution in [3.63, 3.8) is 0 Å². The highest BCUT2D eigenvalue weighted by molar-refractivity contribution is 7.99. The summed E-state index contributed by atoms with van der Waals surface area (Å²) in [5.74, 6) is 0.344. The number of ether oxygens (including phenoxy) is 2. The van der Waals surface area contributed by atoms with Crippen LogP contribution in [0.25, 0.3) is 10.9 Å². The fourth-order valence-corrected chi connectivity index (χ4v) is 5.08. The van der Waals surface area contributed by atoms with E-state index in [2.05, 4.69) is 9.80 Å². The van der Waals surface area contributed by atoms with Crippen molar-refractivity contribution < 1.29 is 14.3 Å². The molecule has 4 rings (SSSR count). The van der Waals surface area contributed by atoms with Gasteiger partial charge in [0.05, 0.1) is 33.1 Å². The maximum absolute atomic E-state index is 12.5. The van der Waals surface area contributed by atoms with Crippen molar-refractivity contribution in [1.29, 1.82) is 0 Å². The first kappa shape index (κ1) is 28.6. The van der Waals surface area contributed by atoms with Crippen LogP contribution in [0.3, 0.4) is 0 Å². The van der Waals surface area contributed by atoms with Crippen molar-refractivity contribution in [3.05, 3.63) is 68.9 Å². The number of unbranched alkanes of at least 4 members (excludes halogenated alkanes) is 1. The van der Waals surface area contributed by atoms with E-state index in [9.17, 15) is 9.59 Å². The molecule has 1 aromatic heterocycles. The second-order valence-electron chi connectivity index (χ2n) is 9.25. The van der Waals surface area contributed by atoms with Crippen molar-refractivity contribution in [3.8, 4) is 5.75 Å². The Morgan fingerprint density at radius 1 is 1.05 bits per heavy atom. The van der Waals surface area contributed by atoms with Crippen molar-refractivity contribution >= 4 is 57.5 Å². The Bertz CT molecular complexity index is 1310. The molecule has 0 amide bonds. The molecule has 1 unspecified atom stereocenters. The number of benzene rings is 2. The molecule has 1 saturated heterocycles. The van der Waals surface area contributed by atoms with Crippen molar-refractivity contribution in [1.82, 2.24) is 9.47 Å². The summed E-state index contributed by atoms with van der Waals surface area (Å²) >= 11 is 14.0. The van der Waals surface area contributed by atoms with Gasteiger partial charge in [0.25, 0.3) is 5.56 Å². The number of halogens is 2. The number of carbonyl (C=O) groups is 1. The van der Waals surface area contributed by atoms with Gasteiger partial charge in [0.2, 0.25) is 0 Å². The zero-order valence-electron chi connectivity index (χ0n) is 21.7. The highest BCUT2D eigenvalue weighted by atomic mass is 35.5. The average Bonchev–Trinajstić information content (AvgIpc) is 2.93. The van der Waals surface area contributed by atoms with Crippen molar-refractivity contribution in [2.75, 3.05) is 50.5 Å². The molecular weight excluding hydrogens is 545 g/mol. The number of hydrogen-bond acceptors (Lipinski definition) is 7. The molecule has 204 valence electrons. The van der Waals surface area contributed by atoms with Crippen LogP contribution in [0.1, 0.15) is 19.8 Å². The van der Waals surface area contributed by atoms with Crippen LogP contribution in [-0.2, 0) is 16.3 Å². The molecule has 1 fully saturated rings. The first-order valence-electron chi connectivity index (χ1n) is 12.7. The quantitative estimate of drug-likeness (QED) is 0.219. The van der Waals surface area contributed by atoms with Crippen LogP contribution in [0, 0.1) is 0 Å². The van der Waals surface area contributed by atoms with Crippen LogP contribution in [0.2, 0.25) is 10.0 Å². The van der Waals surface area contributed by atoms with E-state index in [4.69, 9.17) is 32.7 Å². The van der Waals surface area contributed by atoms with Crippen molar-refractivity contribution in [2.24, 2.45) is 0 Å². The predicted molar refractivity (Wildman–Crippen MR) is 157 cm³/mol. The number of anilines is 1. The first-order chi connectivity index (χ1) is 18.4. The topological polar surface area (TPSA) is 64.0 Å². The molecular formula is C28H33Cl2N3O4S. The zero-order valence-corrected chi connectivity index (χ0v) is 24.0. The summed E-state index contributed by atoms with van der Waals surface area (Å²) in [6.45, 7) is 7.04. The maximum atomic E-state index is 12.5. The molecule has 38 heavy (non-hydrogen) atoms. The van der Waals surface area contributed by atoms with E-state index in [0.29, 0.717) is 27.9 Å². The van der Waals surface area contributed by atoms with Gasteiger partial charge in [-0.1, -0.05) is 29.3 Å². The van der Waals surface area contributed by atoms with Crippen LogP contribution in [-0.4, -0.2) is 66.3 Å². The van der Waals surface area contributed by atoms with Gasteiger partial charge >= 0.3 is 5.97 Å². The fraction of sp³-hybridized carbons (Fsp3) is 0.429. The lowest BCUT2D eigenvalue weighted by Crippen LogP contribution is -2.46. The number of thioether (sulfide) groups is 1. The van der Waals surface area contributed by atoms with E-state index in [1.54, 1.807) is 13.0 Å². The third-order valence-electron chi connectivity index (χ3n) is 6.77. The molecule has 0 radical (unpaired) electrons. The molecule has 1 aliphatic heterocycles. The van der Waals surface area contributed by atoms with Crippen LogP contribution in [0.4, 0.5) is 5.69 Å². The molecule has 0 saturated carbocycles. The average molecular weight is 579 g/mol. The third-order valence-corrected chi connectivity index (χ3v) is 8.48. The smallest absolute Gasteiger partial charge is 0.320 e. The van der Waals surface area contributed by atoms with Gasteiger partial charge in [-0.05, 0) is 68.3 Å². The van der Waals surface area contributed by atoms with Gasteiger partial charge in [0, 0.05) is 38.3 Å². The third kappa shape index (κ3) is 7.17. The Morgan fingerprint density at radius 2 is 1.82 bits per heavy atom. The lowest BCUT2D eigenvalue weighted by Gasteiger charge is -2.36. The predicted octanol–water partition coefficient (Wildman–Crippen LogP) is 5.54. The molecule has 0 aliphatic carbocycles. The minimum Gasteiger partial charge on any atom is -0.494 e. The highest BCUT2D eigenvalue weighted by Crippen LogP contribution is 2.32. The Labute approximate surface area is 237 Å². The number of nitrogens with zero attached hydrogens (tertiary/aromatic N) is 3. The second-order valence-corrected chi connectivity index (χ2v) is 11.2. The first-order valence-corrected chi connectivity index (χ1v) is 14.8. The summed E-state index contributed by atoms with van der Waals surface area (Å²) in [6.07, 6.45) is 3.79. The Kier molecular flexibility index (Phi) is 10.2. The zero-order chi connectivity index (χ0) is 27.1. The summed E-state index contributed by atoms with van der Waals surface area (Å²) in [6, 6.07) is 14.7. The van der Waals surface area contributed by atoms with Gasteiger partial charge in [-0.15, -0.1) is 0 Å². The lowest BCUT2D eigenvalue weighted by atomic mass is 10.2. The normalized spacial score (nSPS) is 15.0. The largest absolute Gasteiger partial charge is 0.494 e. The maximum Gasteiger partial charge on any atom is 0.320 e. The summed E-state index contributed by atoms with van der Waals surface area (Å²) in [5.41, 5.74) is 1.45. The van der Waals surface area contributed by atoms with E-state index >= 15 is 0 Å². The summed E-state index contributed by atoms with van der Waals surface area (Å²) in [7, 11) is 0. The minimum absolute atomic E-state index is 0.125. The Balaban J connectivity index is 1.24. The molecule has 3 aromatic rings. The number of hydrogen-bond donors (Lipinski definition) is 0. The number of fused-ring (bicyclic) bond motifs is 1. The van der Waals surface area contributed by atoms with Gasteiger partial charge in [-0.25, -0.2) is 0 Å². The molecule has 10 heteroatoms. The molecule has 0 spiro atoms. The monoisotopic (exact) mass is 577 g/mol. The van der Waals surface area contributed by atoms with Crippen LogP contribution in [0.15, 0.2) is 53.3 Å². The molecule has 2 aromatic carbocycles. The Morgan fingerprint density at radius 3 is 2.58 bits per heavy atom. The van der Waals surface area contributed by atoms with Crippen molar-refractivity contribution in [2.45, 2.75) is 31.7 Å². The fourth-order valence-electron chi connectivity index (χ4n) is 4.41. The Hall–Kier alpha value is -2.39. The van der Waals surface area contributed by atoms with E-state index in [1.807, 2.05) is 42.7 Å². The number of rotatable bonds is 11.